The van der Waals surface area contributed by atoms with E-state index in [-0.39, 0.29) is 24.9 Å². The fourth-order valence-corrected chi connectivity index (χ4v) is 2.88. The number of carbonyl (C=O) groups excluding carboxylic acids is 1. The lowest BCUT2D eigenvalue weighted by Gasteiger charge is -2.34. The SMILES string of the molecule is O=C1CC(CO)CN1C1(C(=O)O)CCCC1. The van der Waals surface area contributed by atoms with Crippen molar-refractivity contribution in [2.45, 2.75) is 37.6 Å². The van der Waals surface area contributed by atoms with Crippen molar-refractivity contribution in [3.63, 3.8) is 0 Å². The van der Waals surface area contributed by atoms with Crippen LogP contribution in [-0.2, 0) is 9.59 Å². The van der Waals surface area contributed by atoms with Crippen molar-refractivity contribution in [2.24, 2.45) is 5.92 Å². The second-order valence-electron chi connectivity index (χ2n) is 4.80. The fraction of sp³-hybridized carbons (Fsp3) is 0.818. The molecule has 5 nitrogen and oxygen atoms in total. The van der Waals surface area contributed by atoms with Crippen LogP contribution in [0, 0.1) is 5.92 Å². The van der Waals surface area contributed by atoms with E-state index in [0.29, 0.717) is 19.4 Å². The van der Waals surface area contributed by atoms with Crippen LogP contribution in [0.2, 0.25) is 0 Å². The fourth-order valence-electron chi connectivity index (χ4n) is 2.88. The van der Waals surface area contributed by atoms with E-state index in [9.17, 15) is 14.7 Å². The molecule has 2 aliphatic rings. The number of likely N-dealkylation sites (tertiary alicyclic amines) is 1. The molecule has 2 rings (SSSR count). The second-order valence-corrected chi connectivity index (χ2v) is 4.80. The lowest BCUT2D eigenvalue weighted by molar-refractivity contribution is -0.156. The summed E-state index contributed by atoms with van der Waals surface area (Å²) in [5.74, 6) is -1.11. The number of amides is 1. The number of carboxylic acid groups (broad SMARTS) is 1. The van der Waals surface area contributed by atoms with Crippen LogP contribution in [-0.4, -0.2) is 45.7 Å². The highest BCUT2D eigenvalue weighted by molar-refractivity contribution is 5.88. The van der Waals surface area contributed by atoms with Crippen LogP contribution in [0.1, 0.15) is 32.1 Å². The van der Waals surface area contributed by atoms with Gasteiger partial charge in [0.1, 0.15) is 5.54 Å². The van der Waals surface area contributed by atoms with E-state index in [1.165, 1.54) is 4.90 Å². The van der Waals surface area contributed by atoms with Gasteiger partial charge in [-0.05, 0) is 12.8 Å². The maximum atomic E-state index is 11.8. The minimum atomic E-state index is -0.985. The molecule has 1 aliphatic heterocycles. The third kappa shape index (κ3) is 1.59. The van der Waals surface area contributed by atoms with Gasteiger partial charge in [0, 0.05) is 25.5 Å². The summed E-state index contributed by atoms with van der Waals surface area (Å²) in [7, 11) is 0. The minimum Gasteiger partial charge on any atom is -0.479 e. The predicted octanol–water partition coefficient (Wildman–Crippen LogP) is 0.225. The van der Waals surface area contributed by atoms with Crippen LogP contribution in [0.15, 0.2) is 0 Å². The van der Waals surface area contributed by atoms with Gasteiger partial charge in [-0.2, -0.15) is 0 Å². The first kappa shape index (κ1) is 11.4. The lowest BCUT2D eigenvalue weighted by Crippen LogP contribution is -2.53. The second kappa shape index (κ2) is 4.05. The van der Waals surface area contributed by atoms with Gasteiger partial charge in [-0.1, -0.05) is 12.8 Å². The van der Waals surface area contributed by atoms with Crippen molar-refractivity contribution in [2.75, 3.05) is 13.2 Å². The Kier molecular flexibility index (Phi) is 2.88. The molecule has 0 radical (unpaired) electrons. The summed E-state index contributed by atoms with van der Waals surface area (Å²) in [6.45, 7) is 0.347. The molecule has 5 heteroatoms. The van der Waals surface area contributed by atoms with Crippen LogP contribution in [0.3, 0.4) is 0 Å². The number of aliphatic carboxylic acids is 1. The highest BCUT2D eigenvalue weighted by atomic mass is 16.4. The molecule has 1 heterocycles. The zero-order valence-electron chi connectivity index (χ0n) is 9.19. The molecule has 0 aromatic heterocycles. The van der Waals surface area contributed by atoms with Crippen molar-refractivity contribution in [1.82, 2.24) is 4.90 Å². The Morgan fingerprint density at radius 3 is 2.50 bits per heavy atom. The van der Waals surface area contributed by atoms with Crippen LogP contribution in [0.25, 0.3) is 0 Å². The molecule has 2 fully saturated rings. The van der Waals surface area contributed by atoms with Gasteiger partial charge in [0.15, 0.2) is 0 Å². The number of aliphatic hydroxyl groups is 1. The number of carboxylic acids is 1. The Labute approximate surface area is 94.0 Å². The number of aliphatic hydroxyl groups excluding tert-OH is 1. The molecule has 90 valence electrons. The highest BCUT2D eigenvalue weighted by Crippen LogP contribution is 2.39. The Balaban J connectivity index is 2.21. The van der Waals surface area contributed by atoms with Gasteiger partial charge in [-0.25, -0.2) is 4.79 Å². The van der Waals surface area contributed by atoms with Crippen LogP contribution >= 0.6 is 0 Å². The maximum Gasteiger partial charge on any atom is 0.329 e. The summed E-state index contributed by atoms with van der Waals surface area (Å²) in [6, 6.07) is 0. The van der Waals surface area contributed by atoms with Crippen molar-refractivity contribution in [3.8, 4) is 0 Å². The van der Waals surface area contributed by atoms with Gasteiger partial charge >= 0.3 is 5.97 Å². The number of hydrogen-bond acceptors (Lipinski definition) is 3. The normalized spacial score (nSPS) is 28.7. The maximum absolute atomic E-state index is 11.8. The molecule has 1 saturated carbocycles. The molecule has 0 aromatic carbocycles. The Bertz CT molecular complexity index is 309. The molecule has 0 aromatic rings. The van der Waals surface area contributed by atoms with Crippen molar-refractivity contribution in [3.05, 3.63) is 0 Å². The third-order valence-electron chi connectivity index (χ3n) is 3.81. The first-order valence-corrected chi connectivity index (χ1v) is 5.75. The highest BCUT2D eigenvalue weighted by Gasteiger charge is 2.51. The number of nitrogens with zero attached hydrogens (tertiary/aromatic N) is 1. The van der Waals surface area contributed by atoms with E-state index in [0.717, 1.165) is 12.8 Å². The quantitative estimate of drug-likeness (QED) is 0.723. The van der Waals surface area contributed by atoms with Gasteiger partial charge in [0.2, 0.25) is 5.91 Å². The molecule has 1 amide bonds. The summed E-state index contributed by atoms with van der Waals surface area (Å²) in [4.78, 5) is 24.7. The van der Waals surface area contributed by atoms with Crippen LogP contribution in [0.5, 0.6) is 0 Å². The van der Waals surface area contributed by atoms with Gasteiger partial charge in [0.05, 0.1) is 0 Å². The Morgan fingerprint density at radius 2 is 2.06 bits per heavy atom. The molecule has 0 spiro atoms. The molecule has 1 saturated heterocycles. The topological polar surface area (TPSA) is 77.8 Å². The standard InChI is InChI=1S/C11H17NO4/c13-7-8-5-9(14)12(6-8)11(10(15)16)3-1-2-4-11/h8,13H,1-7H2,(H,15,16). The molecule has 0 bridgehead atoms. The van der Waals surface area contributed by atoms with E-state index in [1.54, 1.807) is 0 Å². The summed E-state index contributed by atoms with van der Waals surface area (Å²) in [5.41, 5.74) is -0.985. The van der Waals surface area contributed by atoms with Crippen LogP contribution in [0.4, 0.5) is 0 Å². The summed E-state index contributed by atoms with van der Waals surface area (Å²) in [5, 5.41) is 18.4. The van der Waals surface area contributed by atoms with E-state index in [2.05, 4.69) is 0 Å². The van der Waals surface area contributed by atoms with E-state index in [1.807, 2.05) is 0 Å². The number of hydrogen-bond donors (Lipinski definition) is 2. The Morgan fingerprint density at radius 1 is 1.44 bits per heavy atom. The summed E-state index contributed by atoms with van der Waals surface area (Å²) in [6.07, 6.45) is 3.10. The lowest BCUT2D eigenvalue weighted by atomic mass is 9.95. The molecule has 1 aliphatic carbocycles. The smallest absolute Gasteiger partial charge is 0.329 e. The predicted molar refractivity (Wildman–Crippen MR) is 55.7 cm³/mol. The molecular weight excluding hydrogens is 210 g/mol. The molecule has 1 atom stereocenters. The molecule has 2 N–H and O–H groups in total. The molecule has 1 unspecified atom stereocenters. The van der Waals surface area contributed by atoms with Crippen molar-refractivity contribution < 1.29 is 19.8 Å². The molecular formula is C11H17NO4. The number of carbonyl (C=O) groups is 2. The van der Waals surface area contributed by atoms with Gasteiger partial charge in [-0.3, -0.25) is 4.79 Å². The first-order chi connectivity index (χ1) is 7.60. The monoisotopic (exact) mass is 227 g/mol. The summed E-state index contributed by atoms with van der Waals surface area (Å²) < 4.78 is 0. The zero-order valence-corrected chi connectivity index (χ0v) is 9.19. The van der Waals surface area contributed by atoms with E-state index < -0.39 is 11.5 Å². The van der Waals surface area contributed by atoms with Crippen molar-refractivity contribution in [1.29, 1.82) is 0 Å². The molecule has 16 heavy (non-hydrogen) atoms. The minimum absolute atomic E-state index is 0.0437. The first-order valence-electron chi connectivity index (χ1n) is 5.75. The number of rotatable bonds is 3. The summed E-state index contributed by atoms with van der Waals surface area (Å²) >= 11 is 0. The average Bonchev–Trinajstić information content (AvgIpc) is 2.84. The van der Waals surface area contributed by atoms with Gasteiger partial charge < -0.3 is 15.1 Å². The van der Waals surface area contributed by atoms with Gasteiger partial charge in [0.25, 0.3) is 0 Å². The van der Waals surface area contributed by atoms with E-state index in [4.69, 9.17) is 5.11 Å². The zero-order chi connectivity index (χ0) is 11.8. The van der Waals surface area contributed by atoms with Crippen molar-refractivity contribution >= 4 is 11.9 Å². The van der Waals surface area contributed by atoms with E-state index >= 15 is 0 Å². The third-order valence-corrected chi connectivity index (χ3v) is 3.81. The van der Waals surface area contributed by atoms with Crippen LogP contribution < -0.4 is 0 Å². The largest absolute Gasteiger partial charge is 0.479 e. The Hall–Kier alpha value is -1.10. The van der Waals surface area contributed by atoms with Gasteiger partial charge in [-0.15, -0.1) is 0 Å². The average molecular weight is 227 g/mol.